The summed E-state index contributed by atoms with van der Waals surface area (Å²) >= 11 is 0. The van der Waals surface area contributed by atoms with Crippen LogP contribution in [-0.4, -0.2) is 58.0 Å². The van der Waals surface area contributed by atoms with Crippen LogP contribution in [0.2, 0.25) is 0 Å². The second-order valence-electron chi connectivity index (χ2n) is 5.08. The van der Waals surface area contributed by atoms with Crippen molar-refractivity contribution in [3.63, 3.8) is 0 Å². The molecule has 100 valence electrons. The van der Waals surface area contributed by atoms with Crippen molar-refractivity contribution in [3.05, 3.63) is 17.7 Å². The van der Waals surface area contributed by atoms with Gasteiger partial charge in [-0.05, 0) is 20.4 Å². The number of rotatable bonds is 2. The van der Waals surface area contributed by atoms with Gasteiger partial charge >= 0.3 is 0 Å². The predicted octanol–water partition coefficient (Wildman–Crippen LogP) is 0.895. The summed E-state index contributed by atoms with van der Waals surface area (Å²) in [7, 11) is 4.01. The molecule has 1 aromatic rings. The quantitative estimate of drug-likeness (QED) is 0.783. The molecule has 0 N–H and O–H groups in total. The molecule has 1 aromatic heterocycles. The van der Waals surface area contributed by atoms with E-state index in [0.29, 0.717) is 6.04 Å². The molecule has 1 fully saturated rings. The van der Waals surface area contributed by atoms with Crippen LogP contribution in [0.25, 0.3) is 0 Å². The summed E-state index contributed by atoms with van der Waals surface area (Å²) in [6.07, 6.45) is 2.78. The van der Waals surface area contributed by atoms with Gasteiger partial charge in [0.05, 0.1) is 12.0 Å². The van der Waals surface area contributed by atoms with Crippen molar-refractivity contribution in [2.75, 3.05) is 26.7 Å². The van der Waals surface area contributed by atoms with Gasteiger partial charge in [0.25, 0.3) is 5.91 Å². The highest BCUT2D eigenvalue weighted by molar-refractivity contribution is 5.93. The molecule has 2 heterocycles. The van der Waals surface area contributed by atoms with Crippen molar-refractivity contribution in [2.45, 2.75) is 26.3 Å². The number of aromatic nitrogens is 2. The van der Waals surface area contributed by atoms with Crippen LogP contribution in [0.1, 0.15) is 29.5 Å². The Morgan fingerprint density at radius 3 is 2.72 bits per heavy atom. The van der Waals surface area contributed by atoms with E-state index >= 15 is 0 Å². The zero-order chi connectivity index (χ0) is 13.3. The summed E-state index contributed by atoms with van der Waals surface area (Å²) in [5.41, 5.74) is 1.53. The minimum atomic E-state index is 0.110. The maximum absolute atomic E-state index is 12.5. The molecular weight excluding hydrogens is 228 g/mol. The number of piperazine rings is 1. The van der Waals surface area contributed by atoms with E-state index < -0.39 is 0 Å². The molecule has 0 spiro atoms. The molecule has 1 saturated heterocycles. The molecule has 0 unspecified atom stereocenters. The van der Waals surface area contributed by atoms with Gasteiger partial charge in [0, 0.05) is 32.7 Å². The van der Waals surface area contributed by atoms with E-state index in [-0.39, 0.29) is 5.91 Å². The van der Waals surface area contributed by atoms with Gasteiger partial charge in [0.2, 0.25) is 0 Å². The molecule has 0 saturated carbocycles. The molecule has 18 heavy (non-hydrogen) atoms. The number of hydrogen-bond acceptors (Lipinski definition) is 3. The van der Waals surface area contributed by atoms with Crippen LogP contribution in [0.4, 0.5) is 0 Å². The van der Waals surface area contributed by atoms with Crippen LogP contribution >= 0.6 is 0 Å². The monoisotopic (exact) mass is 250 g/mol. The third-order valence-corrected chi connectivity index (χ3v) is 3.86. The Bertz CT molecular complexity index is 421. The van der Waals surface area contributed by atoms with Gasteiger partial charge in [-0.2, -0.15) is 0 Å². The summed E-state index contributed by atoms with van der Waals surface area (Å²) in [6.45, 7) is 6.62. The van der Waals surface area contributed by atoms with E-state index in [1.807, 2.05) is 23.4 Å². The first-order valence-electron chi connectivity index (χ1n) is 6.52. The first-order chi connectivity index (χ1) is 8.54. The van der Waals surface area contributed by atoms with Crippen LogP contribution in [0, 0.1) is 6.92 Å². The van der Waals surface area contributed by atoms with Crippen LogP contribution in [0.3, 0.4) is 0 Å². The largest absolute Gasteiger partial charge is 0.334 e. The van der Waals surface area contributed by atoms with Crippen molar-refractivity contribution in [1.82, 2.24) is 19.4 Å². The van der Waals surface area contributed by atoms with Gasteiger partial charge in [0.1, 0.15) is 5.69 Å². The Kier molecular flexibility index (Phi) is 3.71. The second kappa shape index (κ2) is 5.10. The van der Waals surface area contributed by atoms with E-state index in [2.05, 4.69) is 23.9 Å². The fourth-order valence-corrected chi connectivity index (χ4v) is 2.57. The first-order valence-corrected chi connectivity index (χ1v) is 6.52. The molecule has 5 nitrogen and oxygen atoms in total. The lowest BCUT2D eigenvalue weighted by molar-refractivity contribution is 0.0532. The maximum atomic E-state index is 12.5. The fourth-order valence-electron chi connectivity index (χ4n) is 2.57. The molecule has 0 aliphatic carbocycles. The fraction of sp³-hybridized carbons (Fsp3) is 0.692. The van der Waals surface area contributed by atoms with Crippen LogP contribution < -0.4 is 0 Å². The summed E-state index contributed by atoms with van der Waals surface area (Å²) in [5.74, 6) is 0.110. The van der Waals surface area contributed by atoms with Crippen molar-refractivity contribution >= 4 is 5.91 Å². The minimum absolute atomic E-state index is 0.110. The number of likely N-dealkylation sites (N-methyl/N-ethyl adjacent to an activating group) is 1. The number of nitrogens with zero attached hydrogens (tertiary/aromatic N) is 4. The number of imidazole rings is 1. The van der Waals surface area contributed by atoms with E-state index in [0.717, 1.165) is 37.4 Å². The Labute approximate surface area is 108 Å². The van der Waals surface area contributed by atoms with Gasteiger partial charge < -0.3 is 9.47 Å². The molecule has 2 rings (SSSR count). The van der Waals surface area contributed by atoms with Crippen molar-refractivity contribution < 1.29 is 4.79 Å². The number of carbonyl (C=O) groups is 1. The van der Waals surface area contributed by atoms with E-state index in [1.54, 1.807) is 6.33 Å². The van der Waals surface area contributed by atoms with Crippen LogP contribution in [0.5, 0.6) is 0 Å². The summed E-state index contributed by atoms with van der Waals surface area (Å²) in [4.78, 5) is 21.0. The third kappa shape index (κ3) is 2.27. The Morgan fingerprint density at radius 2 is 2.17 bits per heavy atom. The Morgan fingerprint density at radius 1 is 1.44 bits per heavy atom. The number of carbonyl (C=O) groups excluding carboxylic acids is 1. The Hall–Kier alpha value is -1.36. The van der Waals surface area contributed by atoms with E-state index in [4.69, 9.17) is 0 Å². The smallest absolute Gasteiger partial charge is 0.272 e. The third-order valence-electron chi connectivity index (χ3n) is 3.86. The first kappa shape index (κ1) is 13.1. The van der Waals surface area contributed by atoms with Crippen molar-refractivity contribution in [3.8, 4) is 0 Å². The van der Waals surface area contributed by atoms with Gasteiger partial charge in [-0.3, -0.25) is 9.69 Å². The van der Waals surface area contributed by atoms with Crippen molar-refractivity contribution in [2.24, 2.45) is 7.05 Å². The molecule has 0 aromatic carbocycles. The molecule has 1 aliphatic heterocycles. The highest BCUT2D eigenvalue weighted by Crippen LogP contribution is 2.15. The van der Waals surface area contributed by atoms with E-state index in [1.165, 1.54) is 0 Å². The summed E-state index contributed by atoms with van der Waals surface area (Å²) < 4.78 is 1.82. The average molecular weight is 250 g/mol. The molecule has 1 amide bonds. The number of aryl methyl sites for hydroxylation is 2. The molecular formula is C13H22N4O. The molecule has 0 radical (unpaired) electrons. The standard InChI is InChI=1S/C13H22N4O/c1-5-11-8-17(7-6-15(11)3)13(18)12-10(2)14-9-16(12)4/h9,11H,5-8H2,1-4H3/t11-/m1/s1. The zero-order valence-corrected chi connectivity index (χ0v) is 11.7. The predicted molar refractivity (Wildman–Crippen MR) is 70.6 cm³/mol. The van der Waals surface area contributed by atoms with Gasteiger partial charge in [-0.15, -0.1) is 0 Å². The lowest BCUT2D eigenvalue weighted by Gasteiger charge is -2.39. The Balaban J connectivity index is 2.15. The SMILES string of the molecule is CC[C@@H]1CN(C(=O)c2c(C)ncn2C)CCN1C. The molecule has 5 heteroatoms. The minimum Gasteiger partial charge on any atom is -0.334 e. The second-order valence-corrected chi connectivity index (χ2v) is 5.08. The highest BCUT2D eigenvalue weighted by Gasteiger charge is 2.28. The topological polar surface area (TPSA) is 41.4 Å². The van der Waals surface area contributed by atoms with E-state index in [9.17, 15) is 4.79 Å². The number of hydrogen-bond donors (Lipinski definition) is 0. The lowest BCUT2D eigenvalue weighted by Crippen LogP contribution is -2.53. The normalized spacial score (nSPS) is 21.3. The number of amides is 1. The van der Waals surface area contributed by atoms with Gasteiger partial charge in [-0.25, -0.2) is 4.98 Å². The van der Waals surface area contributed by atoms with Crippen LogP contribution in [-0.2, 0) is 7.05 Å². The molecule has 1 aliphatic rings. The highest BCUT2D eigenvalue weighted by atomic mass is 16.2. The maximum Gasteiger partial charge on any atom is 0.272 e. The van der Waals surface area contributed by atoms with Crippen molar-refractivity contribution in [1.29, 1.82) is 0 Å². The summed E-state index contributed by atoms with van der Waals surface area (Å²) in [5, 5.41) is 0. The average Bonchev–Trinajstić information content (AvgIpc) is 2.69. The zero-order valence-electron chi connectivity index (χ0n) is 11.7. The lowest BCUT2D eigenvalue weighted by atomic mass is 10.1. The van der Waals surface area contributed by atoms with Crippen LogP contribution in [0.15, 0.2) is 6.33 Å². The van der Waals surface area contributed by atoms with Gasteiger partial charge in [-0.1, -0.05) is 6.92 Å². The molecule has 0 bridgehead atoms. The summed E-state index contributed by atoms with van der Waals surface area (Å²) in [6, 6.07) is 0.469. The molecule has 1 atom stereocenters. The van der Waals surface area contributed by atoms with Gasteiger partial charge in [0.15, 0.2) is 0 Å².